The second kappa shape index (κ2) is 6.30. The van der Waals surface area contributed by atoms with Crippen LogP contribution in [0.1, 0.15) is 58.9 Å². The SMILES string of the molecule is CCC1(C)CC(=O)c2c(ccc3oc(C(=O)NCc4ccco4)c(C)c23)O1. The molecule has 6 heteroatoms. The summed E-state index contributed by atoms with van der Waals surface area (Å²) in [5, 5.41) is 3.43. The summed E-state index contributed by atoms with van der Waals surface area (Å²) >= 11 is 0. The number of hydrogen-bond acceptors (Lipinski definition) is 5. The number of furan rings is 2. The summed E-state index contributed by atoms with van der Waals surface area (Å²) < 4.78 is 17.1. The maximum absolute atomic E-state index is 12.9. The molecule has 1 atom stereocenters. The number of ether oxygens (including phenoxy) is 1. The van der Waals surface area contributed by atoms with Crippen LogP contribution in [-0.2, 0) is 6.54 Å². The first kappa shape index (κ1) is 17.4. The van der Waals surface area contributed by atoms with E-state index >= 15 is 0 Å². The van der Waals surface area contributed by atoms with Gasteiger partial charge in [-0.15, -0.1) is 0 Å². The Balaban J connectivity index is 1.71. The van der Waals surface area contributed by atoms with E-state index in [0.29, 0.717) is 40.0 Å². The van der Waals surface area contributed by atoms with Gasteiger partial charge < -0.3 is 18.9 Å². The first-order valence-corrected chi connectivity index (χ1v) is 9.01. The Morgan fingerprint density at radius 1 is 1.30 bits per heavy atom. The molecule has 1 unspecified atom stereocenters. The Kier molecular flexibility index (Phi) is 4.06. The minimum absolute atomic E-state index is 0.0117. The molecule has 0 fully saturated rings. The Labute approximate surface area is 156 Å². The monoisotopic (exact) mass is 367 g/mol. The number of carbonyl (C=O) groups is 2. The molecule has 0 radical (unpaired) electrons. The van der Waals surface area contributed by atoms with Crippen molar-refractivity contribution in [2.45, 2.75) is 45.8 Å². The van der Waals surface area contributed by atoms with Crippen molar-refractivity contribution in [2.24, 2.45) is 0 Å². The zero-order valence-electron chi connectivity index (χ0n) is 15.5. The fraction of sp³-hybridized carbons (Fsp3) is 0.333. The minimum Gasteiger partial charge on any atom is -0.486 e. The Morgan fingerprint density at radius 3 is 2.81 bits per heavy atom. The molecule has 6 nitrogen and oxygen atoms in total. The molecule has 1 aliphatic heterocycles. The van der Waals surface area contributed by atoms with E-state index in [-0.39, 0.29) is 24.0 Å². The second-order valence-corrected chi connectivity index (χ2v) is 7.14. The van der Waals surface area contributed by atoms with Crippen molar-refractivity contribution in [3.63, 3.8) is 0 Å². The fourth-order valence-electron chi connectivity index (χ4n) is 3.49. The van der Waals surface area contributed by atoms with Crippen LogP contribution in [0.3, 0.4) is 0 Å². The van der Waals surface area contributed by atoms with Crippen molar-refractivity contribution in [1.82, 2.24) is 5.32 Å². The van der Waals surface area contributed by atoms with Crippen LogP contribution in [-0.4, -0.2) is 17.3 Å². The number of amides is 1. The molecule has 140 valence electrons. The van der Waals surface area contributed by atoms with Gasteiger partial charge >= 0.3 is 0 Å². The molecule has 1 aliphatic rings. The van der Waals surface area contributed by atoms with E-state index in [0.717, 1.165) is 6.42 Å². The third kappa shape index (κ3) is 2.91. The molecule has 1 aromatic carbocycles. The lowest BCUT2D eigenvalue weighted by atomic mass is 9.87. The van der Waals surface area contributed by atoms with E-state index in [4.69, 9.17) is 13.6 Å². The van der Waals surface area contributed by atoms with Crippen LogP contribution < -0.4 is 10.1 Å². The number of nitrogens with one attached hydrogen (secondary N) is 1. The van der Waals surface area contributed by atoms with Crippen LogP contribution in [0.5, 0.6) is 5.75 Å². The van der Waals surface area contributed by atoms with Crippen LogP contribution in [0, 0.1) is 6.92 Å². The maximum Gasteiger partial charge on any atom is 0.287 e. The summed E-state index contributed by atoms with van der Waals surface area (Å²) in [5.74, 6) is 1.06. The van der Waals surface area contributed by atoms with Gasteiger partial charge in [-0.25, -0.2) is 0 Å². The third-order valence-corrected chi connectivity index (χ3v) is 5.18. The summed E-state index contributed by atoms with van der Waals surface area (Å²) in [7, 11) is 0. The predicted octanol–water partition coefficient (Wildman–Crippen LogP) is 4.40. The highest BCUT2D eigenvalue weighted by molar-refractivity contribution is 6.13. The molecule has 27 heavy (non-hydrogen) atoms. The molecule has 1 N–H and O–H groups in total. The highest BCUT2D eigenvalue weighted by atomic mass is 16.5. The number of hydrogen-bond donors (Lipinski definition) is 1. The van der Waals surface area contributed by atoms with Crippen molar-refractivity contribution >= 4 is 22.7 Å². The quantitative estimate of drug-likeness (QED) is 0.739. The summed E-state index contributed by atoms with van der Waals surface area (Å²) in [5.41, 5.74) is 1.14. The van der Waals surface area contributed by atoms with Crippen molar-refractivity contribution in [2.75, 3.05) is 0 Å². The average Bonchev–Trinajstić information content (AvgIpc) is 3.27. The van der Waals surface area contributed by atoms with Gasteiger partial charge in [0.1, 0.15) is 22.7 Å². The van der Waals surface area contributed by atoms with Gasteiger partial charge in [0.25, 0.3) is 5.91 Å². The number of ketones is 1. The first-order valence-electron chi connectivity index (χ1n) is 9.01. The van der Waals surface area contributed by atoms with Crippen LogP contribution >= 0.6 is 0 Å². The van der Waals surface area contributed by atoms with E-state index in [1.165, 1.54) is 0 Å². The number of rotatable bonds is 4. The molecular formula is C21H21NO5. The normalized spacial score (nSPS) is 19.0. The van der Waals surface area contributed by atoms with E-state index < -0.39 is 5.60 Å². The van der Waals surface area contributed by atoms with Gasteiger partial charge in [0.2, 0.25) is 0 Å². The van der Waals surface area contributed by atoms with Crippen LogP contribution in [0.25, 0.3) is 11.0 Å². The van der Waals surface area contributed by atoms with Crippen molar-refractivity contribution in [1.29, 1.82) is 0 Å². The lowest BCUT2D eigenvalue weighted by molar-refractivity contribution is 0.0503. The molecule has 4 rings (SSSR count). The molecule has 0 saturated heterocycles. The van der Waals surface area contributed by atoms with Crippen LogP contribution in [0.15, 0.2) is 39.4 Å². The average molecular weight is 367 g/mol. The van der Waals surface area contributed by atoms with Crippen molar-refractivity contribution in [3.8, 4) is 5.75 Å². The Hall–Kier alpha value is -3.02. The van der Waals surface area contributed by atoms with E-state index in [1.807, 2.05) is 13.8 Å². The zero-order valence-corrected chi connectivity index (χ0v) is 15.5. The molecular weight excluding hydrogens is 346 g/mol. The first-order chi connectivity index (χ1) is 12.9. The topological polar surface area (TPSA) is 81.7 Å². The molecule has 1 amide bonds. The van der Waals surface area contributed by atoms with Crippen molar-refractivity contribution in [3.05, 3.63) is 53.2 Å². The lowest BCUT2D eigenvalue weighted by Gasteiger charge is -2.34. The zero-order chi connectivity index (χ0) is 19.2. The van der Waals surface area contributed by atoms with Gasteiger partial charge in [0, 0.05) is 10.9 Å². The summed E-state index contributed by atoms with van der Waals surface area (Å²) in [6.07, 6.45) is 2.59. The van der Waals surface area contributed by atoms with Gasteiger partial charge in [-0.05, 0) is 44.5 Å². The number of fused-ring (bicyclic) bond motifs is 3. The van der Waals surface area contributed by atoms with E-state index in [1.54, 1.807) is 37.5 Å². The molecule has 3 heterocycles. The molecule has 0 aliphatic carbocycles. The maximum atomic E-state index is 12.9. The molecule has 0 spiro atoms. The van der Waals surface area contributed by atoms with Gasteiger partial charge in [-0.1, -0.05) is 6.92 Å². The fourth-order valence-corrected chi connectivity index (χ4v) is 3.49. The molecule has 3 aromatic rings. The van der Waals surface area contributed by atoms with Gasteiger partial charge in [-0.2, -0.15) is 0 Å². The van der Waals surface area contributed by atoms with E-state index in [2.05, 4.69) is 5.32 Å². The second-order valence-electron chi connectivity index (χ2n) is 7.14. The third-order valence-electron chi connectivity index (χ3n) is 5.18. The number of benzene rings is 1. The number of carbonyl (C=O) groups excluding carboxylic acids is 2. The predicted molar refractivity (Wildman–Crippen MR) is 99.1 cm³/mol. The highest BCUT2D eigenvalue weighted by Gasteiger charge is 2.37. The Morgan fingerprint density at radius 2 is 2.11 bits per heavy atom. The lowest BCUT2D eigenvalue weighted by Crippen LogP contribution is -2.38. The van der Waals surface area contributed by atoms with Crippen LogP contribution in [0.4, 0.5) is 0 Å². The molecule has 2 aromatic heterocycles. The van der Waals surface area contributed by atoms with Gasteiger partial charge in [0.05, 0.1) is 24.8 Å². The van der Waals surface area contributed by atoms with Gasteiger partial charge in [-0.3, -0.25) is 9.59 Å². The molecule has 0 saturated carbocycles. The number of Topliss-reactive ketones (excluding diaryl/α,β-unsaturated/α-hetero) is 1. The Bertz CT molecular complexity index is 1030. The largest absolute Gasteiger partial charge is 0.486 e. The van der Waals surface area contributed by atoms with Crippen LogP contribution in [0.2, 0.25) is 0 Å². The molecule has 0 bridgehead atoms. The summed E-state index contributed by atoms with van der Waals surface area (Å²) in [6, 6.07) is 7.04. The van der Waals surface area contributed by atoms with Gasteiger partial charge in [0.15, 0.2) is 11.5 Å². The minimum atomic E-state index is -0.501. The smallest absolute Gasteiger partial charge is 0.287 e. The van der Waals surface area contributed by atoms with Crippen molar-refractivity contribution < 1.29 is 23.2 Å². The summed E-state index contributed by atoms with van der Waals surface area (Å²) in [6.45, 7) is 5.99. The summed E-state index contributed by atoms with van der Waals surface area (Å²) in [4.78, 5) is 25.4. The van der Waals surface area contributed by atoms with E-state index in [9.17, 15) is 9.59 Å². The number of aryl methyl sites for hydroxylation is 1. The highest BCUT2D eigenvalue weighted by Crippen LogP contribution is 2.41. The standard InChI is InChI=1S/C21H21NO5/c1-4-21(3)10-14(23)18-16(27-21)8-7-15-17(18)12(2)19(26-15)20(24)22-11-13-6-5-9-25-13/h5-9H,4,10-11H2,1-3H3,(H,22,24).